The van der Waals surface area contributed by atoms with Crippen molar-refractivity contribution in [1.82, 2.24) is 4.98 Å². The molecule has 200 valence electrons. The van der Waals surface area contributed by atoms with Crippen molar-refractivity contribution >= 4 is 23.3 Å². The highest BCUT2D eigenvalue weighted by atomic mass is 16.5. The van der Waals surface area contributed by atoms with Gasteiger partial charge in [0.1, 0.15) is 36.0 Å². The molecule has 1 aliphatic carbocycles. The zero-order valence-electron chi connectivity index (χ0n) is 22.7. The zero-order chi connectivity index (χ0) is 27.7. The molecule has 0 aliphatic heterocycles. The molecule has 0 unspecified atom stereocenters. The fourth-order valence-electron chi connectivity index (χ4n) is 4.79. The van der Waals surface area contributed by atoms with Crippen molar-refractivity contribution in [2.75, 3.05) is 0 Å². The van der Waals surface area contributed by atoms with Crippen LogP contribution >= 0.6 is 0 Å². The van der Waals surface area contributed by atoms with Crippen LogP contribution in [0.25, 0.3) is 10.9 Å². The molecular weight excluding hydrogens is 505 g/mol. The van der Waals surface area contributed by atoms with Gasteiger partial charge in [-0.2, -0.15) is 0 Å². The minimum atomic E-state index is -0.319. The van der Waals surface area contributed by atoms with E-state index in [4.69, 9.17) is 14.1 Å². The van der Waals surface area contributed by atoms with Gasteiger partial charge in [0.05, 0.1) is 0 Å². The van der Waals surface area contributed by atoms with Crippen molar-refractivity contribution in [3.63, 3.8) is 0 Å². The Hall–Kier alpha value is -5.03. The SMILES string of the molecule is C1=CC(OCc2ccccc2)=CC=C(B(Oc2cccc3cccnc23)c2ccc(OCc3ccccc3)cc2)C1. The normalized spacial score (nSPS) is 12.7. The van der Waals surface area contributed by atoms with Crippen LogP contribution in [0.1, 0.15) is 17.5 Å². The Morgan fingerprint density at radius 3 is 2.12 bits per heavy atom. The number of ether oxygens (including phenoxy) is 2. The molecule has 0 fully saturated rings. The summed E-state index contributed by atoms with van der Waals surface area (Å²) in [4.78, 5) is 4.61. The number of para-hydroxylation sites is 1. The van der Waals surface area contributed by atoms with Gasteiger partial charge in [-0.1, -0.05) is 103 Å². The summed E-state index contributed by atoms with van der Waals surface area (Å²) in [6.45, 7) is 0.723. The molecule has 1 aliphatic rings. The summed E-state index contributed by atoms with van der Waals surface area (Å²) in [5.41, 5.74) is 5.26. The molecule has 0 amide bonds. The molecule has 1 heterocycles. The maximum atomic E-state index is 6.77. The summed E-state index contributed by atoms with van der Waals surface area (Å²) in [6, 6.07) is 38.6. The van der Waals surface area contributed by atoms with E-state index in [1.807, 2.05) is 78.9 Å². The molecule has 1 aromatic heterocycles. The first kappa shape index (κ1) is 26.2. The third kappa shape index (κ3) is 6.77. The second-order valence-electron chi connectivity index (χ2n) is 9.86. The number of nitrogens with zero attached hydrogens (tertiary/aromatic N) is 1. The Bertz CT molecular complexity index is 1670. The van der Waals surface area contributed by atoms with Crippen LogP contribution in [0.4, 0.5) is 0 Å². The first-order valence-corrected chi connectivity index (χ1v) is 13.8. The molecule has 0 atom stereocenters. The van der Waals surface area contributed by atoms with Crippen LogP contribution < -0.4 is 14.9 Å². The van der Waals surface area contributed by atoms with Gasteiger partial charge in [-0.05, 0) is 64.9 Å². The Morgan fingerprint density at radius 1 is 0.659 bits per heavy atom. The topological polar surface area (TPSA) is 40.6 Å². The quantitative estimate of drug-likeness (QED) is 0.173. The minimum absolute atomic E-state index is 0.319. The molecule has 0 spiro atoms. The summed E-state index contributed by atoms with van der Waals surface area (Å²) in [5, 5.41) is 1.04. The average Bonchev–Trinajstić information content (AvgIpc) is 3.29. The van der Waals surface area contributed by atoms with Gasteiger partial charge >= 0.3 is 6.92 Å². The minimum Gasteiger partial charge on any atom is -0.550 e. The number of hydrogen-bond acceptors (Lipinski definition) is 4. The van der Waals surface area contributed by atoms with E-state index in [0.29, 0.717) is 13.2 Å². The Kier molecular flexibility index (Phi) is 8.24. The van der Waals surface area contributed by atoms with E-state index in [-0.39, 0.29) is 6.92 Å². The molecule has 5 aromatic rings. The van der Waals surface area contributed by atoms with Gasteiger partial charge in [-0.15, -0.1) is 0 Å². The van der Waals surface area contributed by atoms with Crippen molar-refractivity contribution < 1.29 is 14.1 Å². The van der Waals surface area contributed by atoms with Crippen molar-refractivity contribution in [2.45, 2.75) is 19.6 Å². The van der Waals surface area contributed by atoms with Crippen LogP contribution in [0.3, 0.4) is 0 Å². The number of aromatic nitrogens is 1. The van der Waals surface area contributed by atoms with E-state index >= 15 is 0 Å². The van der Waals surface area contributed by atoms with Crippen molar-refractivity contribution in [1.29, 1.82) is 0 Å². The number of allylic oxidation sites excluding steroid dienone is 5. The van der Waals surface area contributed by atoms with Crippen LogP contribution in [0, 0.1) is 0 Å². The molecule has 5 heteroatoms. The Balaban J connectivity index is 1.26. The van der Waals surface area contributed by atoms with Gasteiger partial charge in [0, 0.05) is 11.6 Å². The fourth-order valence-corrected chi connectivity index (χ4v) is 4.79. The third-order valence-electron chi connectivity index (χ3n) is 6.95. The number of benzene rings is 4. The molecule has 0 radical (unpaired) electrons. The predicted molar refractivity (Wildman–Crippen MR) is 166 cm³/mol. The standard InChI is InChI=1S/C36H30BNO3/c1-3-10-28(11-4-1)26-39-33-17-8-16-31(19-22-33)37(41-35-18-7-14-30-15-9-25-38-36(30)35)32-20-23-34(24-21-32)40-27-29-12-5-2-6-13-29/h1-15,17-25H,16,26-27H2. The van der Waals surface area contributed by atoms with Gasteiger partial charge in [-0.3, -0.25) is 4.98 Å². The smallest absolute Gasteiger partial charge is 0.422 e. The first-order chi connectivity index (χ1) is 20.3. The van der Waals surface area contributed by atoms with Crippen LogP contribution in [-0.2, 0) is 18.0 Å². The monoisotopic (exact) mass is 535 g/mol. The molecule has 0 saturated heterocycles. The van der Waals surface area contributed by atoms with Crippen LogP contribution in [0.2, 0.25) is 0 Å². The molecule has 4 aromatic carbocycles. The van der Waals surface area contributed by atoms with E-state index in [2.05, 4.69) is 65.7 Å². The highest BCUT2D eigenvalue weighted by Crippen LogP contribution is 2.26. The van der Waals surface area contributed by atoms with Gasteiger partial charge < -0.3 is 14.1 Å². The maximum Gasteiger partial charge on any atom is 0.422 e. The molecule has 6 rings (SSSR count). The summed E-state index contributed by atoms with van der Waals surface area (Å²) < 4.78 is 18.9. The third-order valence-corrected chi connectivity index (χ3v) is 6.95. The molecule has 0 bridgehead atoms. The number of hydrogen-bond donors (Lipinski definition) is 0. The average molecular weight is 535 g/mol. The van der Waals surface area contributed by atoms with Crippen LogP contribution in [0.5, 0.6) is 11.5 Å². The first-order valence-electron chi connectivity index (χ1n) is 13.8. The van der Waals surface area contributed by atoms with Crippen molar-refractivity contribution in [3.05, 3.63) is 168 Å². The second-order valence-corrected chi connectivity index (χ2v) is 9.86. The highest BCUT2D eigenvalue weighted by molar-refractivity contribution is 6.75. The van der Waals surface area contributed by atoms with E-state index < -0.39 is 0 Å². The lowest BCUT2D eigenvalue weighted by molar-refractivity contribution is 0.211. The molecule has 4 nitrogen and oxygen atoms in total. The van der Waals surface area contributed by atoms with E-state index in [1.165, 1.54) is 0 Å². The van der Waals surface area contributed by atoms with Crippen molar-refractivity contribution in [3.8, 4) is 11.5 Å². The summed E-state index contributed by atoms with van der Waals surface area (Å²) in [5.74, 6) is 2.38. The summed E-state index contributed by atoms with van der Waals surface area (Å²) >= 11 is 0. The summed E-state index contributed by atoms with van der Waals surface area (Å²) in [7, 11) is 0. The molecule has 0 N–H and O–H groups in total. The lowest BCUT2D eigenvalue weighted by Crippen LogP contribution is -2.39. The largest absolute Gasteiger partial charge is 0.550 e. The number of pyridine rings is 1. The fraction of sp³-hybridized carbons (Fsp3) is 0.0833. The van der Waals surface area contributed by atoms with Crippen molar-refractivity contribution in [2.24, 2.45) is 0 Å². The summed E-state index contributed by atoms with van der Waals surface area (Å²) in [6.07, 6.45) is 10.8. The predicted octanol–water partition coefficient (Wildman–Crippen LogP) is 7.62. The maximum absolute atomic E-state index is 6.77. The zero-order valence-corrected chi connectivity index (χ0v) is 22.7. The lowest BCUT2D eigenvalue weighted by Gasteiger charge is -2.19. The van der Waals surface area contributed by atoms with Crippen LogP contribution in [-0.4, -0.2) is 11.9 Å². The van der Waals surface area contributed by atoms with Gasteiger partial charge in [0.2, 0.25) is 0 Å². The molecule has 0 saturated carbocycles. The highest BCUT2D eigenvalue weighted by Gasteiger charge is 2.27. The Labute approximate surface area is 241 Å². The number of rotatable bonds is 10. The molecule has 41 heavy (non-hydrogen) atoms. The van der Waals surface area contributed by atoms with E-state index in [9.17, 15) is 0 Å². The molecular formula is C36H30BNO3. The van der Waals surface area contributed by atoms with E-state index in [0.717, 1.165) is 56.6 Å². The van der Waals surface area contributed by atoms with E-state index in [1.54, 1.807) is 6.20 Å². The number of fused-ring (bicyclic) bond motifs is 1. The van der Waals surface area contributed by atoms with Crippen LogP contribution in [0.15, 0.2) is 157 Å². The second kappa shape index (κ2) is 12.9. The van der Waals surface area contributed by atoms with Gasteiger partial charge in [-0.25, -0.2) is 0 Å². The van der Waals surface area contributed by atoms with Gasteiger partial charge in [0.15, 0.2) is 0 Å². The van der Waals surface area contributed by atoms with Gasteiger partial charge in [0.25, 0.3) is 0 Å². The lowest BCUT2D eigenvalue weighted by atomic mass is 9.53. The Morgan fingerprint density at radius 2 is 1.37 bits per heavy atom.